The second-order valence-electron chi connectivity index (χ2n) is 4.34. The van der Waals surface area contributed by atoms with E-state index in [0.717, 1.165) is 22.5 Å². The first-order chi connectivity index (χ1) is 9.28. The highest BCUT2D eigenvalue weighted by atomic mass is 16.5. The van der Waals surface area contributed by atoms with Gasteiger partial charge in [-0.2, -0.15) is 0 Å². The van der Waals surface area contributed by atoms with Gasteiger partial charge < -0.3 is 10.1 Å². The van der Waals surface area contributed by atoms with Gasteiger partial charge >= 0.3 is 5.97 Å². The molecule has 2 aromatic carbocycles. The van der Waals surface area contributed by atoms with Crippen LogP contribution in [0.4, 0.5) is 11.4 Å². The summed E-state index contributed by atoms with van der Waals surface area (Å²) in [6.45, 7) is 0. The van der Waals surface area contributed by atoms with Crippen LogP contribution < -0.4 is 5.32 Å². The van der Waals surface area contributed by atoms with Crippen LogP contribution in [0.15, 0.2) is 42.5 Å². The van der Waals surface area contributed by atoms with Crippen molar-refractivity contribution in [2.24, 2.45) is 0 Å². The minimum Gasteiger partial charge on any atom is -0.465 e. The summed E-state index contributed by atoms with van der Waals surface area (Å²) in [7, 11) is 1.39. The zero-order valence-electron chi connectivity index (χ0n) is 10.5. The molecule has 0 radical (unpaired) electrons. The molecule has 1 aliphatic heterocycles. The van der Waals surface area contributed by atoms with Gasteiger partial charge in [-0.3, -0.25) is 0 Å². The van der Waals surface area contributed by atoms with Crippen LogP contribution in [0, 0.1) is 0 Å². The number of carbonyl (C=O) groups is 1. The van der Waals surface area contributed by atoms with Crippen LogP contribution in [0.25, 0.3) is 12.2 Å². The lowest BCUT2D eigenvalue weighted by atomic mass is 10.1. The van der Waals surface area contributed by atoms with E-state index in [1.165, 1.54) is 7.11 Å². The Kier molecular flexibility index (Phi) is 2.80. The molecule has 0 saturated carbocycles. The number of para-hydroxylation sites is 1. The number of rotatable bonds is 1. The second kappa shape index (κ2) is 4.61. The average molecular weight is 251 g/mol. The standard InChI is InChI=1S/C16H13NO2/c1-19-16(18)13-8-9-15-12(10-13)7-6-11-4-2-3-5-14(11)17-15/h2-10,17H,1H3. The van der Waals surface area contributed by atoms with Gasteiger partial charge in [0.15, 0.2) is 0 Å². The van der Waals surface area contributed by atoms with Crippen molar-refractivity contribution in [3.8, 4) is 0 Å². The maximum atomic E-state index is 11.5. The molecule has 2 aromatic rings. The molecular weight excluding hydrogens is 238 g/mol. The van der Waals surface area contributed by atoms with Crippen molar-refractivity contribution < 1.29 is 9.53 Å². The Hall–Kier alpha value is -2.55. The Morgan fingerprint density at radius 3 is 2.58 bits per heavy atom. The summed E-state index contributed by atoms with van der Waals surface area (Å²) in [5.41, 5.74) is 4.69. The molecule has 0 aromatic heterocycles. The molecule has 0 saturated heterocycles. The van der Waals surface area contributed by atoms with Gasteiger partial charge in [0.1, 0.15) is 0 Å². The fourth-order valence-electron chi connectivity index (χ4n) is 2.14. The van der Waals surface area contributed by atoms with E-state index in [9.17, 15) is 4.79 Å². The third kappa shape index (κ3) is 2.10. The largest absolute Gasteiger partial charge is 0.465 e. The van der Waals surface area contributed by atoms with Crippen LogP contribution in [0.1, 0.15) is 21.5 Å². The van der Waals surface area contributed by atoms with E-state index in [0.29, 0.717) is 5.56 Å². The number of nitrogens with one attached hydrogen (secondary N) is 1. The summed E-state index contributed by atoms with van der Waals surface area (Å²) in [5.74, 6) is -0.321. The van der Waals surface area contributed by atoms with Crippen LogP contribution in [0.2, 0.25) is 0 Å². The number of hydrogen-bond acceptors (Lipinski definition) is 3. The molecule has 1 heterocycles. The zero-order chi connectivity index (χ0) is 13.2. The number of benzene rings is 2. The summed E-state index contributed by atoms with van der Waals surface area (Å²) in [6.07, 6.45) is 4.04. The number of esters is 1. The van der Waals surface area contributed by atoms with Gasteiger partial charge in [-0.25, -0.2) is 4.79 Å². The quantitative estimate of drug-likeness (QED) is 0.670. The molecule has 0 fully saturated rings. The molecule has 0 unspecified atom stereocenters. The Morgan fingerprint density at radius 2 is 1.74 bits per heavy atom. The monoisotopic (exact) mass is 251 g/mol. The highest BCUT2D eigenvalue weighted by Crippen LogP contribution is 2.30. The van der Waals surface area contributed by atoms with Gasteiger partial charge in [0, 0.05) is 11.4 Å². The van der Waals surface area contributed by atoms with E-state index >= 15 is 0 Å². The minimum absolute atomic E-state index is 0.321. The second-order valence-corrected chi connectivity index (χ2v) is 4.34. The predicted octanol–water partition coefficient (Wildman–Crippen LogP) is 3.70. The molecule has 19 heavy (non-hydrogen) atoms. The Bertz CT molecular complexity index is 674. The molecule has 0 bridgehead atoms. The number of anilines is 2. The molecule has 0 amide bonds. The maximum Gasteiger partial charge on any atom is 0.337 e. The normalized spacial score (nSPS) is 11.8. The van der Waals surface area contributed by atoms with Crippen molar-refractivity contribution in [3.63, 3.8) is 0 Å². The number of fused-ring (bicyclic) bond motifs is 2. The van der Waals surface area contributed by atoms with E-state index in [-0.39, 0.29) is 5.97 Å². The Labute approximate surface area is 111 Å². The van der Waals surface area contributed by atoms with Crippen LogP contribution in [0.3, 0.4) is 0 Å². The summed E-state index contributed by atoms with van der Waals surface area (Å²) in [4.78, 5) is 11.5. The first-order valence-electron chi connectivity index (χ1n) is 6.04. The first-order valence-corrected chi connectivity index (χ1v) is 6.04. The topological polar surface area (TPSA) is 38.3 Å². The molecule has 3 rings (SSSR count). The van der Waals surface area contributed by atoms with Crippen molar-refractivity contribution in [2.45, 2.75) is 0 Å². The maximum absolute atomic E-state index is 11.5. The first kappa shape index (κ1) is 11.5. The summed E-state index contributed by atoms with van der Waals surface area (Å²) < 4.78 is 4.74. The van der Waals surface area contributed by atoms with Gasteiger partial charge in [-0.15, -0.1) is 0 Å². The van der Waals surface area contributed by atoms with Crippen LogP contribution in [-0.4, -0.2) is 13.1 Å². The zero-order valence-corrected chi connectivity index (χ0v) is 10.5. The lowest BCUT2D eigenvalue weighted by molar-refractivity contribution is 0.0600. The number of carbonyl (C=O) groups excluding carboxylic acids is 1. The highest BCUT2D eigenvalue weighted by molar-refractivity contribution is 5.94. The highest BCUT2D eigenvalue weighted by Gasteiger charge is 2.11. The SMILES string of the molecule is COC(=O)c1ccc2c(c1)C=Cc1ccccc1N2. The smallest absolute Gasteiger partial charge is 0.337 e. The van der Waals surface area contributed by atoms with Crippen molar-refractivity contribution in [2.75, 3.05) is 12.4 Å². The van der Waals surface area contributed by atoms with Crippen molar-refractivity contribution in [1.82, 2.24) is 0 Å². The Morgan fingerprint density at radius 1 is 1.00 bits per heavy atom. The number of ether oxygens (including phenoxy) is 1. The molecule has 0 spiro atoms. The van der Waals surface area contributed by atoms with E-state index < -0.39 is 0 Å². The van der Waals surface area contributed by atoms with Gasteiger partial charge in [0.25, 0.3) is 0 Å². The van der Waals surface area contributed by atoms with Gasteiger partial charge in [0.2, 0.25) is 0 Å². The summed E-state index contributed by atoms with van der Waals surface area (Å²) in [5, 5.41) is 3.37. The third-order valence-electron chi connectivity index (χ3n) is 3.15. The van der Waals surface area contributed by atoms with Crippen molar-refractivity contribution in [1.29, 1.82) is 0 Å². The fourth-order valence-corrected chi connectivity index (χ4v) is 2.14. The van der Waals surface area contributed by atoms with Crippen molar-refractivity contribution in [3.05, 3.63) is 59.2 Å². The third-order valence-corrected chi connectivity index (χ3v) is 3.15. The minimum atomic E-state index is -0.321. The number of hydrogen-bond donors (Lipinski definition) is 1. The molecule has 0 atom stereocenters. The van der Waals surface area contributed by atoms with Crippen LogP contribution in [-0.2, 0) is 4.74 Å². The van der Waals surface area contributed by atoms with Gasteiger partial charge in [0.05, 0.1) is 12.7 Å². The number of methoxy groups -OCH3 is 1. The summed E-state index contributed by atoms with van der Waals surface area (Å²) >= 11 is 0. The van der Waals surface area contributed by atoms with E-state index in [2.05, 4.69) is 5.32 Å². The van der Waals surface area contributed by atoms with Gasteiger partial charge in [-0.05, 0) is 35.4 Å². The molecular formula is C16H13NO2. The molecule has 94 valence electrons. The van der Waals surface area contributed by atoms with E-state index in [1.807, 2.05) is 48.6 Å². The molecule has 0 aliphatic carbocycles. The fraction of sp³-hybridized carbons (Fsp3) is 0.0625. The molecule has 1 N–H and O–H groups in total. The van der Waals surface area contributed by atoms with Crippen LogP contribution >= 0.6 is 0 Å². The van der Waals surface area contributed by atoms with Gasteiger partial charge in [-0.1, -0.05) is 30.4 Å². The van der Waals surface area contributed by atoms with E-state index in [4.69, 9.17) is 4.74 Å². The lowest BCUT2D eigenvalue weighted by Crippen LogP contribution is -2.02. The summed E-state index contributed by atoms with van der Waals surface area (Å²) in [6, 6.07) is 13.6. The molecule has 3 heteroatoms. The molecule has 1 aliphatic rings. The van der Waals surface area contributed by atoms with E-state index in [1.54, 1.807) is 6.07 Å². The van der Waals surface area contributed by atoms with Crippen molar-refractivity contribution >= 4 is 29.5 Å². The predicted molar refractivity (Wildman–Crippen MR) is 76.4 cm³/mol. The lowest BCUT2D eigenvalue weighted by Gasteiger charge is -2.10. The Balaban J connectivity index is 2.06. The molecule has 3 nitrogen and oxygen atoms in total. The van der Waals surface area contributed by atoms with Crippen LogP contribution in [0.5, 0.6) is 0 Å². The average Bonchev–Trinajstić information content (AvgIpc) is 2.64.